The molecule has 4 nitrogen and oxygen atoms in total. The molecular weight excluding hydrogens is 308 g/mol. The monoisotopic (exact) mass is 330 g/mol. The average Bonchev–Trinajstić information content (AvgIpc) is 3.14. The van der Waals surface area contributed by atoms with Crippen LogP contribution in [0.3, 0.4) is 0 Å². The minimum absolute atomic E-state index is 0.0698. The second-order valence-corrected chi connectivity index (χ2v) is 7.18. The molecule has 122 valence electrons. The number of amides is 1. The molecule has 3 N–H and O–H groups in total. The lowest BCUT2D eigenvalue weighted by atomic mass is 9.99. The van der Waals surface area contributed by atoms with Crippen LogP contribution in [0.25, 0.3) is 11.1 Å². The van der Waals surface area contributed by atoms with Crippen molar-refractivity contribution in [3.05, 3.63) is 34.7 Å². The number of hydrogen-bond donors (Lipinski definition) is 2. The Hall–Kier alpha value is -2.01. The molecule has 0 aliphatic heterocycles. The zero-order valence-electron chi connectivity index (χ0n) is 13.5. The third-order valence-electron chi connectivity index (χ3n) is 4.41. The minimum atomic E-state index is -0.0698. The van der Waals surface area contributed by atoms with Gasteiger partial charge in [-0.1, -0.05) is 31.0 Å². The maximum atomic E-state index is 12.8. The molecule has 1 saturated carbocycles. The number of thiophene rings is 1. The first kappa shape index (κ1) is 15.9. The van der Waals surface area contributed by atoms with Gasteiger partial charge in [0.05, 0.1) is 17.7 Å². The van der Waals surface area contributed by atoms with Crippen molar-refractivity contribution in [1.29, 1.82) is 0 Å². The minimum Gasteiger partial charge on any atom is -0.496 e. The van der Waals surface area contributed by atoms with E-state index in [4.69, 9.17) is 10.5 Å². The van der Waals surface area contributed by atoms with Crippen LogP contribution in [0, 0.1) is 6.92 Å². The highest BCUT2D eigenvalue weighted by molar-refractivity contribution is 7.16. The summed E-state index contributed by atoms with van der Waals surface area (Å²) in [5.41, 5.74) is 8.55. The van der Waals surface area contributed by atoms with Gasteiger partial charge in [0.2, 0.25) is 0 Å². The van der Waals surface area contributed by atoms with Crippen LogP contribution in [0.2, 0.25) is 0 Å². The number of nitrogens with two attached hydrogens (primary N) is 1. The van der Waals surface area contributed by atoms with E-state index in [9.17, 15) is 4.79 Å². The fraction of sp³-hybridized carbons (Fsp3) is 0.389. The van der Waals surface area contributed by atoms with Gasteiger partial charge in [-0.15, -0.1) is 11.3 Å². The molecule has 0 unspecified atom stereocenters. The molecule has 3 rings (SSSR count). The van der Waals surface area contributed by atoms with Gasteiger partial charge in [-0.2, -0.15) is 0 Å². The first-order chi connectivity index (χ1) is 11.1. The molecule has 23 heavy (non-hydrogen) atoms. The number of para-hydroxylation sites is 1. The molecule has 5 heteroatoms. The molecule has 0 radical (unpaired) electrons. The van der Waals surface area contributed by atoms with Gasteiger partial charge in [0, 0.05) is 22.0 Å². The van der Waals surface area contributed by atoms with Gasteiger partial charge in [0.1, 0.15) is 5.75 Å². The molecule has 0 bridgehead atoms. The van der Waals surface area contributed by atoms with Gasteiger partial charge in [0.15, 0.2) is 0 Å². The number of hydrogen-bond acceptors (Lipinski definition) is 4. The zero-order valence-corrected chi connectivity index (χ0v) is 14.3. The van der Waals surface area contributed by atoms with E-state index >= 15 is 0 Å². The standard InChI is InChI=1S/C18H22N2O2S/c1-11-15(13-9-5-6-10-14(13)22-2)16(17(19)23-11)18(21)20-12-7-3-4-8-12/h5-6,9-10,12H,3-4,7-8,19H2,1-2H3,(H,20,21). The number of benzene rings is 1. The highest BCUT2D eigenvalue weighted by atomic mass is 32.1. The van der Waals surface area contributed by atoms with Crippen LogP contribution in [-0.2, 0) is 0 Å². The summed E-state index contributed by atoms with van der Waals surface area (Å²) in [7, 11) is 1.64. The van der Waals surface area contributed by atoms with Crippen LogP contribution in [0.15, 0.2) is 24.3 Å². The van der Waals surface area contributed by atoms with Gasteiger partial charge in [0.25, 0.3) is 5.91 Å². The van der Waals surface area contributed by atoms with E-state index in [-0.39, 0.29) is 11.9 Å². The van der Waals surface area contributed by atoms with Crippen molar-refractivity contribution in [3.63, 3.8) is 0 Å². The Balaban J connectivity index is 2.02. The van der Waals surface area contributed by atoms with E-state index in [2.05, 4.69) is 5.32 Å². The normalized spacial score (nSPS) is 14.9. The van der Waals surface area contributed by atoms with E-state index in [1.807, 2.05) is 31.2 Å². The van der Waals surface area contributed by atoms with Crippen LogP contribution in [0.1, 0.15) is 40.9 Å². The summed E-state index contributed by atoms with van der Waals surface area (Å²) in [6, 6.07) is 8.02. The smallest absolute Gasteiger partial charge is 0.255 e. The third kappa shape index (κ3) is 3.06. The number of carbonyl (C=O) groups excluding carboxylic acids is 1. The van der Waals surface area contributed by atoms with E-state index in [1.54, 1.807) is 7.11 Å². The summed E-state index contributed by atoms with van der Waals surface area (Å²) in [6.45, 7) is 2.00. The topological polar surface area (TPSA) is 64.3 Å². The first-order valence-corrected chi connectivity index (χ1v) is 8.76. The predicted octanol–water partition coefficient (Wildman–Crippen LogP) is 3.99. The van der Waals surface area contributed by atoms with Crippen LogP contribution in [-0.4, -0.2) is 19.1 Å². The average molecular weight is 330 g/mol. The molecule has 1 aromatic heterocycles. The highest BCUT2D eigenvalue weighted by Gasteiger charge is 2.26. The van der Waals surface area contributed by atoms with E-state index in [0.717, 1.165) is 34.6 Å². The summed E-state index contributed by atoms with van der Waals surface area (Å²) >= 11 is 1.46. The van der Waals surface area contributed by atoms with Crippen molar-refractivity contribution in [2.24, 2.45) is 0 Å². The lowest BCUT2D eigenvalue weighted by molar-refractivity contribution is 0.0940. The fourth-order valence-corrected chi connectivity index (χ4v) is 4.24. The second-order valence-electron chi connectivity index (χ2n) is 5.93. The summed E-state index contributed by atoms with van der Waals surface area (Å²) < 4.78 is 5.46. The van der Waals surface area contributed by atoms with Crippen LogP contribution in [0.5, 0.6) is 5.75 Å². The Morgan fingerprint density at radius 2 is 2.00 bits per heavy atom. The Bertz CT molecular complexity index is 718. The Kier molecular flexibility index (Phi) is 4.57. The van der Waals surface area contributed by atoms with Crippen molar-refractivity contribution in [1.82, 2.24) is 5.32 Å². The van der Waals surface area contributed by atoms with E-state index in [0.29, 0.717) is 10.6 Å². The SMILES string of the molecule is COc1ccccc1-c1c(C)sc(N)c1C(=O)NC1CCCC1. The van der Waals surface area contributed by atoms with E-state index < -0.39 is 0 Å². The molecule has 0 saturated heterocycles. The molecule has 1 amide bonds. The number of nitrogens with one attached hydrogen (secondary N) is 1. The number of nitrogen functional groups attached to an aromatic ring is 1. The maximum Gasteiger partial charge on any atom is 0.255 e. The van der Waals surface area contributed by atoms with Crippen LogP contribution in [0.4, 0.5) is 5.00 Å². The highest BCUT2D eigenvalue weighted by Crippen LogP contribution is 2.42. The predicted molar refractivity (Wildman–Crippen MR) is 95.2 cm³/mol. The van der Waals surface area contributed by atoms with Crippen molar-refractivity contribution in [2.75, 3.05) is 12.8 Å². The molecule has 1 fully saturated rings. The Labute approximate surface area is 140 Å². The van der Waals surface area contributed by atoms with E-state index in [1.165, 1.54) is 24.2 Å². The second kappa shape index (κ2) is 6.62. The summed E-state index contributed by atoms with van der Waals surface area (Å²) in [5.74, 6) is 0.683. The van der Waals surface area contributed by atoms with Gasteiger partial charge in [-0.05, 0) is 25.8 Å². The molecular formula is C18H22N2O2S. The Morgan fingerprint density at radius 1 is 1.30 bits per heavy atom. The van der Waals surface area contributed by atoms with Gasteiger partial charge < -0.3 is 15.8 Å². The number of methoxy groups -OCH3 is 1. The van der Waals surface area contributed by atoms with Crippen LogP contribution < -0.4 is 15.8 Å². The number of anilines is 1. The molecule has 1 heterocycles. The molecule has 0 spiro atoms. The lowest BCUT2D eigenvalue weighted by Crippen LogP contribution is -2.33. The van der Waals surface area contributed by atoms with Crippen molar-refractivity contribution >= 4 is 22.2 Å². The van der Waals surface area contributed by atoms with Gasteiger partial charge >= 0.3 is 0 Å². The maximum absolute atomic E-state index is 12.8. The van der Waals surface area contributed by atoms with Crippen molar-refractivity contribution < 1.29 is 9.53 Å². The summed E-state index contributed by atoms with van der Waals surface area (Å²) in [5, 5.41) is 3.71. The largest absolute Gasteiger partial charge is 0.496 e. The molecule has 1 aromatic carbocycles. The number of ether oxygens (including phenoxy) is 1. The molecule has 1 aliphatic rings. The summed E-state index contributed by atoms with van der Waals surface area (Å²) in [4.78, 5) is 13.8. The van der Waals surface area contributed by atoms with Crippen molar-refractivity contribution in [3.8, 4) is 16.9 Å². The molecule has 1 aliphatic carbocycles. The Morgan fingerprint density at radius 3 is 2.70 bits per heavy atom. The van der Waals surface area contributed by atoms with Gasteiger partial charge in [-0.3, -0.25) is 4.79 Å². The van der Waals surface area contributed by atoms with Crippen molar-refractivity contribution in [2.45, 2.75) is 38.6 Å². The molecule has 0 atom stereocenters. The quantitative estimate of drug-likeness (QED) is 0.891. The third-order valence-corrected chi connectivity index (χ3v) is 5.34. The fourth-order valence-electron chi connectivity index (χ4n) is 3.29. The first-order valence-electron chi connectivity index (χ1n) is 7.95. The number of aryl methyl sites for hydroxylation is 1. The lowest BCUT2D eigenvalue weighted by Gasteiger charge is -2.14. The number of carbonyl (C=O) groups is 1. The van der Waals surface area contributed by atoms with Gasteiger partial charge in [-0.25, -0.2) is 0 Å². The number of rotatable bonds is 4. The van der Waals surface area contributed by atoms with Crippen LogP contribution >= 0.6 is 11.3 Å². The summed E-state index contributed by atoms with van der Waals surface area (Å²) in [6.07, 6.45) is 4.47. The zero-order chi connectivity index (χ0) is 16.4. The molecule has 2 aromatic rings.